The molecule has 2 aromatic rings. The molecule has 1 aromatic heterocycles. The van der Waals surface area contributed by atoms with Crippen LogP contribution in [-0.2, 0) is 14.8 Å². The fraction of sp³-hybridized carbons (Fsp3) is 0.357. The van der Waals surface area contributed by atoms with Crippen LogP contribution in [-0.4, -0.2) is 24.5 Å². The summed E-state index contributed by atoms with van der Waals surface area (Å²) in [5, 5.41) is 10.1. The minimum atomic E-state index is -3.83. The molecule has 0 aliphatic heterocycles. The second-order valence-electron chi connectivity index (χ2n) is 6.05. The van der Waals surface area contributed by atoms with Gasteiger partial charge in [0.2, 0.25) is 11.0 Å². The van der Waals surface area contributed by atoms with E-state index in [4.69, 9.17) is 0 Å². The molecule has 0 spiro atoms. The lowest BCUT2D eigenvalue weighted by molar-refractivity contribution is -0.123. The molecule has 1 amide bonds. The third-order valence-electron chi connectivity index (χ3n) is 2.84. The Hall–Kier alpha value is -2.00. The van der Waals surface area contributed by atoms with Crippen LogP contribution >= 0.6 is 11.3 Å². The molecule has 0 unspecified atom stereocenters. The number of hydrogen-bond acceptors (Lipinski definition) is 6. The summed E-state index contributed by atoms with van der Waals surface area (Å²) < 4.78 is 26.8. The van der Waals surface area contributed by atoms with Crippen LogP contribution in [0, 0.1) is 12.3 Å². The number of carbonyl (C=O) groups is 1. The maximum absolute atomic E-state index is 12.3. The molecule has 0 saturated heterocycles. The largest absolute Gasteiger partial charge is 0.300 e. The lowest BCUT2D eigenvalue weighted by atomic mass is 9.96. The van der Waals surface area contributed by atoms with Crippen LogP contribution in [0.3, 0.4) is 0 Å². The highest BCUT2D eigenvalue weighted by Crippen LogP contribution is 2.24. The zero-order valence-corrected chi connectivity index (χ0v) is 14.9. The highest BCUT2D eigenvalue weighted by atomic mass is 32.2. The molecule has 23 heavy (non-hydrogen) atoms. The molecule has 0 atom stereocenters. The quantitative estimate of drug-likeness (QED) is 0.822. The molecule has 0 saturated carbocycles. The number of amides is 1. The van der Waals surface area contributed by atoms with Gasteiger partial charge in [0.25, 0.3) is 14.4 Å². The fourth-order valence-corrected chi connectivity index (χ4v) is 3.43. The summed E-state index contributed by atoms with van der Waals surface area (Å²) in [6.07, 6.45) is 0. The summed E-state index contributed by atoms with van der Waals surface area (Å²) in [7, 11) is -3.83. The maximum Gasteiger partial charge on any atom is 0.291 e. The van der Waals surface area contributed by atoms with E-state index < -0.39 is 15.4 Å². The topological polar surface area (TPSA) is 101 Å². The van der Waals surface area contributed by atoms with Crippen molar-refractivity contribution in [1.82, 2.24) is 10.2 Å². The van der Waals surface area contributed by atoms with Crippen molar-refractivity contribution in [2.45, 2.75) is 32.0 Å². The van der Waals surface area contributed by atoms with E-state index in [1.807, 2.05) is 6.92 Å². The smallest absolute Gasteiger partial charge is 0.291 e. The van der Waals surface area contributed by atoms with E-state index in [1.54, 1.807) is 45.0 Å². The molecule has 0 fully saturated rings. The van der Waals surface area contributed by atoms with Gasteiger partial charge in [-0.1, -0.05) is 49.8 Å². The first-order valence-corrected chi connectivity index (χ1v) is 9.12. The Balaban J connectivity index is 2.15. The van der Waals surface area contributed by atoms with Crippen molar-refractivity contribution in [2.24, 2.45) is 5.41 Å². The highest BCUT2D eigenvalue weighted by Gasteiger charge is 2.25. The average Bonchev–Trinajstić information content (AvgIpc) is 2.89. The number of anilines is 2. The molecule has 1 heterocycles. The number of aromatic nitrogens is 2. The van der Waals surface area contributed by atoms with Crippen LogP contribution < -0.4 is 10.0 Å². The Bertz CT molecular complexity index is 805. The summed E-state index contributed by atoms with van der Waals surface area (Å²) in [5.74, 6) is -0.260. The molecule has 1 aromatic carbocycles. The van der Waals surface area contributed by atoms with E-state index in [1.165, 1.54) is 0 Å². The van der Waals surface area contributed by atoms with Crippen LogP contribution in [0.1, 0.15) is 26.3 Å². The van der Waals surface area contributed by atoms with Crippen molar-refractivity contribution in [1.29, 1.82) is 0 Å². The van der Waals surface area contributed by atoms with Gasteiger partial charge >= 0.3 is 0 Å². The van der Waals surface area contributed by atoms with Gasteiger partial charge in [-0.15, -0.1) is 10.2 Å². The van der Waals surface area contributed by atoms with Crippen LogP contribution in [0.25, 0.3) is 0 Å². The van der Waals surface area contributed by atoms with Crippen LogP contribution in [0.15, 0.2) is 28.6 Å². The number of carbonyl (C=O) groups excluding carboxylic acids is 1. The predicted molar refractivity (Wildman–Crippen MR) is 90.0 cm³/mol. The number of aryl methyl sites for hydroxylation is 1. The number of rotatable bonds is 4. The molecule has 7 nitrogen and oxygen atoms in total. The van der Waals surface area contributed by atoms with Gasteiger partial charge in [0.05, 0.1) is 0 Å². The van der Waals surface area contributed by atoms with E-state index in [9.17, 15) is 13.2 Å². The molecule has 2 rings (SSSR count). The van der Waals surface area contributed by atoms with Gasteiger partial charge in [-0.3, -0.25) is 9.52 Å². The third kappa shape index (κ3) is 4.49. The van der Waals surface area contributed by atoms with Crippen molar-refractivity contribution in [3.8, 4) is 0 Å². The van der Waals surface area contributed by atoms with Crippen molar-refractivity contribution in [2.75, 3.05) is 10.0 Å². The Morgan fingerprint density at radius 2 is 1.74 bits per heavy atom. The van der Waals surface area contributed by atoms with Gasteiger partial charge < -0.3 is 5.32 Å². The first kappa shape index (κ1) is 17.4. The number of nitrogens with one attached hydrogen (secondary N) is 2. The monoisotopic (exact) mass is 354 g/mol. The standard InChI is InChI=1S/C14H18N4O3S2/c1-9-5-7-10(8-6-9)18-23(20,21)13-17-16-12(22-13)15-11(19)14(2,3)4/h5-8,18H,1-4H3,(H,15,16,19). The summed E-state index contributed by atoms with van der Waals surface area (Å²) in [6.45, 7) is 7.16. The van der Waals surface area contributed by atoms with Gasteiger partial charge in [-0.2, -0.15) is 8.42 Å². The lowest BCUT2D eigenvalue weighted by Gasteiger charge is -2.15. The SMILES string of the molecule is Cc1ccc(NS(=O)(=O)c2nnc(NC(=O)C(C)(C)C)s2)cc1. The number of hydrogen-bond donors (Lipinski definition) is 2. The van der Waals surface area contributed by atoms with Crippen LogP contribution in [0.2, 0.25) is 0 Å². The average molecular weight is 354 g/mol. The van der Waals surface area contributed by atoms with E-state index in [-0.39, 0.29) is 15.4 Å². The van der Waals surface area contributed by atoms with Gasteiger partial charge in [-0.05, 0) is 19.1 Å². The van der Waals surface area contributed by atoms with Gasteiger partial charge in [0.15, 0.2) is 0 Å². The summed E-state index contributed by atoms with van der Waals surface area (Å²) in [4.78, 5) is 11.9. The first-order valence-electron chi connectivity index (χ1n) is 6.82. The Kier molecular flexibility index (Phi) is 4.71. The van der Waals surface area contributed by atoms with Crippen molar-refractivity contribution in [3.05, 3.63) is 29.8 Å². The predicted octanol–water partition coefficient (Wildman–Crippen LogP) is 2.63. The lowest BCUT2D eigenvalue weighted by Crippen LogP contribution is -2.27. The minimum Gasteiger partial charge on any atom is -0.300 e. The van der Waals surface area contributed by atoms with E-state index in [0.717, 1.165) is 16.9 Å². The number of sulfonamides is 1. The number of benzene rings is 1. The van der Waals surface area contributed by atoms with Crippen LogP contribution in [0.4, 0.5) is 10.8 Å². The summed E-state index contributed by atoms with van der Waals surface area (Å²) in [6, 6.07) is 6.92. The second kappa shape index (κ2) is 6.25. The zero-order chi connectivity index (χ0) is 17.3. The van der Waals surface area contributed by atoms with Crippen molar-refractivity contribution >= 4 is 38.1 Å². The molecule has 0 bridgehead atoms. The third-order valence-corrected chi connectivity index (χ3v) is 5.43. The molecule has 9 heteroatoms. The molecular formula is C14H18N4O3S2. The summed E-state index contributed by atoms with van der Waals surface area (Å²) >= 11 is 0.802. The van der Waals surface area contributed by atoms with Crippen LogP contribution in [0.5, 0.6) is 0 Å². The molecular weight excluding hydrogens is 336 g/mol. The van der Waals surface area contributed by atoms with Gasteiger partial charge in [0.1, 0.15) is 0 Å². The first-order chi connectivity index (χ1) is 10.6. The highest BCUT2D eigenvalue weighted by molar-refractivity contribution is 7.94. The van der Waals surface area contributed by atoms with E-state index >= 15 is 0 Å². The number of nitrogens with zero attached hydrogens (tertiary/aromatic N) is 2. The Labute approximate surface area is 139 Å². The van der Waals surface area contributed by atoms with Gasteiger partial charge in [0, 0.05) is 11.1 Å². The van der Waals surface area contributed by atoms with E-state index in [0.29, 0.717) is 5.69 Å². The minimum absolute atomic E-state index is 0.147. The summed E-state index contributed by atoms with van der Waals surface area (Å²) in [5.41, 5.74) is 0.854. The van der Waals surface area contributed by atoms with Crippen molar-refractivity contribution in [3.63, 3.8) is 0 Å². The molecule has 0 aliphatic rings. The Morgan fingerprint density at radius 3 is 2.30 bits per heavy atom. The maximum atomic E-state index is 12.3. The van der Waals surface area contributed by atoms with Gasteiger partial charge in [-0.25, -0.2) is 0 Å². The molecule has 0 aliphatic carbocycles. The normalized spacial score (nSPS) is 12.0. The van der Waals surface area contributed by atoms with Crippen molar-refractivity contribution < 1.29 is 13.2 Å². The zero-order valence-electron chi connectivity index (χ0n) is 13.2. The van der Waals surface area contributed by atoms with E-state index in [2.05, 4.69) is 20.2 Å². The Morgan fingerprint density at radius 1 is 1.13 bits per heavy atom. The molecule has 124 valence electrons. The molecule has 2 N–H and O–H groups in total. The fourth-order valence-electron chi connectivity index (χ4n) is 1.47. The second-order valence-corrected chi connectivity index (χ2v) is 8.88. The molecule has 0 radical (unpaired) electrons.